The highest BCUT2D eigenvalue weighted by Gasteiger charge is 2.17. The number of benzene rings is 2. The number of nitrogens with zero attached hydrogens (tertiary/aromatic N) is 4. The second kappa shape index (κ2) is 9.43. The Kier molecular flexibility index (Phi) is 6.49. The molecule has 6 nitrogen and oxygen atoms in total. The van der Waals surface area contributed by atoms with Crippen LogP contribution < -0.4 is 4.74 Å². The maximum atomic E-state index is 5.44. The number of methoxy groups -OCH3 is 1. The third-order valence-corrected chi connectivity index (χ3v) is 5.93. The molecule has 29 heavy (non-hydrogen) atoms. The molecule has 152 valence electrons. The number of aryl methyl sites for hydroxylation is 1. The first-order valence-electron chi connectivity index (χ1n) is 9.84. The first kappa shape index (κ1) is 19.9. The number of aromatic nitrogens is 3. The summed E-state index contributed by atoms with van der Waals surface area (Å²) >= 11 is 1.75. The van der Waals surface area contributed by atoms with Crippen LogP contribution in [0, 0.1) is 6.92 Å². The molecule has 7 heteroatoms. The topological polar surface area (TPSA) is 52.4 Å². The fourth-order valence-electron chi connectivity index (χ4n) is 3.31. The Morgan fingerprint density at radius 3 is 2.41 bits per heavy atom. The fourth-order valence-corrected chi connectivity index (χ4v) is 4.26. The average molecular weight is 411 g/mol. The summed E-state index contributed by atoms with van der Waals surface area (Å²) in [6.45, 7) is 6.77. The van der Waals surface area contributed by atoms with E-state index in [1.807, 2.05) is 24.3 Å². The molecule has 2 heterocycles. The fraction of sp³-hybridized carbons (Fsp3) is 0.364. The predicted octanol–water partition coefficient (Wildman–Crippen LogP) is 3.68. The van der Waals surface area contributed by atoms with Crippen molar-refractivity contribution in [3.63, 3.8) is 0 Å². The number of thioether (sulfide) groups is 1. The van der Waals surface area contributed by atoms with Crippen LogP contribution in [0.25, 0.3) is 17.1 Å². The summed E-state index contributed by atoms with van der Waals surface area (Å²) in [5.74, 6) is 2.63. The van der Waals surface area contributed by atoms with Crippen LogP contribution >= 0.6 is 11.8 Å². The second-order valence-corrected chi connectivity index (χ2v) is 8.07. The van der Waals surface area contributed by atoms with Crippen molar-refractivity contribution in [2.45, 2.75) is 12.1 Å². The van der Waals surface area contributed by atoms with Crippen molar-refractivity contribution >= 4 is 11.8 Å². The quantitative estimate of drug-likeness (QED) is 0.554. The van der Waals surface area contributed by atoms with Gasteiger partial charge >= 0.3 is 0 Å². The van der Waals surface area contributed by atoms with Crippen LogP contribution in [-0.4, -0.2) is 65.4 Å². The molecule has 1 fully saturated rings. The summed E-state index contributed by atoms with van der Waals surface area (Å²) in [5.41, 5.74) is 3.31. The van der Waals surface area contributed by atoms with Crippen LogP contribution in [0.15, 0.2) is 53.7 Å². The van der Waals surface area contributed by atoms with Crippen molar-refractivity contribution in [3.05, 3.63) is 54.1 Å². The monoisotopic (exact) mass is 410 g/mol. The lowest BCUT2D eigenvalue weighted by Gasteiger charge is -2.26. The van der Waals surface area contributed by atoms with Crippen LogP contribution in [0.1, 0.15) is 5.56 Å². The van der Waals surface area contributed by atoms with Gasteiger partial charge in [-0.05, 0) is 43.3 Å². The molecular formula is C22H26N4O2S. The molecule has 3 aromatic rings. The minimum Gasteiger partial charge on any atom is -0.497 e. The smallest absolute Gasteiger partial charge is 0.196 e. The number of ether oxygens (including phenoxy) is 2. The molecule has 1 aliphatic rings. The van der Waals surface area contributed by atoms with Gasteiger partial charge in [0.1, 0.15) is 5.75 Å². The van der Waals surface area contributed by atoms with Gasteiger partial charge in [0.15, 0.2) is 11.0 Å². The number of hydrogen-bond acceptors (Lipinski definition) is 6. The molecule has 4 rings (SSSR count). The highest BCUT2D eigenvalue weighted by Crippen LogP contribution is 2.29. The molecule has 1 aliphatic heterocycles. The highest BCUT2D eigenvalue weighted by molar-refractivity contribution is 7.99. The summed E-state index contributed by atoms with van der Waals surface area (Å²) in [6.07, 6.45) is 0. The van der Waals surface area contributed by atoms with E-state index >= 15 is 0 Å². The van der Waals surface area contributed by atoms with Crippen LogP contribution in [-0.2, 0) is 4.74 Å². The lowest BCUT2D eigenvalue weighted by molar-refractivity contribution is 0.0410. The van der Waals surface area contributed by atoms with E-state index in [1.54, 1.807) is 18.9 Å². The van der Waals surface area contributed by atoms with Gasteiger partial charge in [-0.1, -0.05) is 29.5 Å². The molecule has 0 spiro atoms. The van der Waals surface area contributed by atoms with E-state index in [2.05, 4.69) is 50.9 Å². The zero-order valence-electron chi connectivity index (χ0n) is 16.9. The zero-order valence-corrected chi connectivity index (χ0v) is 17.7. The lowest BCUT2D eigenvalue weighted by Crippen LogP contribution is -2.37. The summed E-state index contributed by atoms with van der Waals surface area (Å²) in [6, 6.07) is 16.4. The van der Waals surface area contributed by atoms with Crippen molar-refractivity contribution in [2.75, 3.05) is 45.7 Å². The molecule has 0 amide bonds. The summed E-state index contributed by atoms with van der Waals surface area (Å²) < 4.78 is 12.9. The predicted molar refractivity (Wildman–Crippen MR) is 116 cm³/mol. The van der Waals surface area contributed by atoms with Crippen molar-refractivity contribution in [1.29, 1.82) is 0 Å². The number of morpholine rings is 1. The Morgan fingerprint density at radius 2 is 1.72 bits per heavy atom. The van der Waals surface area contributed by atoms with Gasteiger partial charge in [-0.25, -0.2) is 0 Å². The molecule has 0 aliphatic carbocycles. The van der Waals surface area contributed by atoms with Crippen LogP contribution in [0.2, 0.25) is 0 Å². The Bertz CT molecular complexity index is 919. The Morgan fingerprint density at radius 1 is 1.00 bits per heavy atom. The maximum Gasteiger partial charge on any atom is 0.196 e. The van der Waals surface area contributed by atoms with Gasteiger partial charge in [0.05, 0.1) is 20.3 Å². The van der Waals surface area contributed by atoms with Gasteiger partial charge in [-0.15, -0.1) is 10.2 Å². The summed E-state index contributed by atoms with van der Waals surface area (Å²) in [4.78, 5) is 2.44. The minimum atomic E-state index is 0.825. The molecule has 0 N–H and O–H groups in total. The van der Waals surface area contributed by atoms with Crippen molar-refractivity contribution in [3.8, 4) is 22.8 Å². The first-order chi connectivity index (χ1) is 14.2. The lowest BCUT2D eigenvalue weighted by atomic mass is 10.2. The zero-order chi connectivity index (χ0) is 20.1. The largest absolute Gasteiger partial charge is 0.497 e. The molecule has 0 bridgehead atoms. The number of hydrogen-bond donors (Lipinski definition) is 0. The van der Waals surface area contributed by atoms with E-state index in [1.165, 1.54) is 5.56 Å². The van der Waals surface area contributed by atoms with Crippen molar-refractivity contribution < 1.29 is 9.47 Å². The summed E-state index contributed by atoms with van der Waals surface area (Å²) in [7, 11) is 1.67. The second-order valence-electron chi connectivity index (χ2n) is 7.01. The van der Waals surface area contributed by atoms with Gasteiger partial charge in [-0.3, -0.25) is 9.47 Å². The highest BCUT2D eigenvalue weighted by atomic mass is 32.2. The molecule has 1 saturated heterocycles. The van der Waals surface area contributed by atoms with E-state index in [4.69, 9.17) is 9.47 Å². The Balaban J connectivity index is 1.60. The van der Waals surface area contributed by atoms with E-state index < -0.39 is 0 Å². The van der Waals surface area contributed by atoms with Gasteiger partial charge < -0.3 is 9.47 Å². The normalized spacial score (nSPS) is 14.8. The molecule has 1 aromatic heterocycles. The average Bonchev–Trinajstić information content (AvgIpc) is 3.19. The van der Waals surface area contributed by atoms with E-state index in [0.29, 0.717) is 0 Å². The molecule has 0 saturated carbocycles. The SMILES string of the molecule is COc1ccc(-c2nnc(SCCN3CCOCC3)n2-c2ccc(C)cc2)cc1. The first-order valence-corrected chi connectivity index (χ1v) is 10.8. The van der Waals surface area contributed by atoms with E-state index in [-0.39, 0.29) is 0 Å². The van der Waals surface area contributed by atoms with E-state index in [0.717, 1.165) is 66.6 Å². The standard InChI is InChI=1S/C22H26N4O2S/c1-17-3-7-19(8-4-17)26-21(18-5-9-20(27-2)10-6-18)23-24-22(26)29-16-13-25-11-14-28-15-12-25/h3-10H,11-16H2,1-2H3. The van der Waals surface area contributed by atoms with Gasteiger partial charge in [0.25, 0.3) is 0 Å². The Labute approximate surface area is 175 Å². The molecule has 0 atom stereocenters. The van der Waals surface area contributed by atoms with Gasteiger partial charge in [0, 0.05) is 36.6 Å². The van der Waals surface area contributed by atoms with Gasteiger partial charge in [0.2, 0.25) is 0 Å². The minimum absolute atomic E-state index is 0.825. The van der Waals surface area contributed by atoms with Crippen LogP contribution in [0.5, 0.6) is 5.75 Å². The van der Waals surface area contributed by atoms with E-state index in [9.17, 15) is 0 Å². The maximum absolute atomic E-state index is 5.44. The Hall–Kier alpha value is -2.35. The van der Waals surface area contributed by atoms with Gasteiger partial charge in [-0.2, -0.15) is 0 Å². The molecule has 0 radical (unpaired) electrons. The van der Waals surface area contributed by atoms with Crippen molar-refractivity contribution in [2.24, 2.45) is 0 Å². The van der Waals surface area contributed by atoms with Crippen molar-refractivity contribution in [1.82, 2.24) is 19.7 Å². The number of rotatable bonds is 7. The van der Waals surface area contributed by atoms with Crippen LogP contribution in [0.3, 0.4) is 0 Å². The molecular weight excluding hydrogens is 384 g/mol. The van der Waals surface area contributed by atoms with Crippen LogP contribution in [0.4, 0.5) is 0 Å². The third kappa shape index (κ3) is 4.80. The molecule has 2 aromatic carbocycles. The summed E-state index contributed by atoms with van der Waals surface area (Å²) in [5, 5.41) is 9.95. The molecule has 0 unspecified atom stereocenters. The third-order valence-electron chi connectivity index (χ3n) is 5.02.